The standard InChI is InChI=1S/C21H22ClN3O2S.ClH/c1-15-5-4-8-18-19(15)23-21(28-18)25(10-9-24-11-13-27-14-12-24)20(26)16-6-2-3-7-17(16)22;/h2-8H,9-14H2,1H3;1H. The average Bonchev–Trinajstić information content (AvgIpc) is 3.14. The van der Waals surface area contributed by atoms with E-state index in [4.69, 9.17) is 21.3 Å². The Hall–Kier alpha value is -1.70. The van der Waals surface area contributed by atoms with Crippen LogP contribution in [0.4, 0.5) is 5.13 Å². The van der Waals surface area contributed by atoms with Crippen molar-refractivity contribution in [3.63, 3.8) is 0 Å². The molecule has 2 heterocycles. The summed E-state index contributed by atoms with van der Waals surface area (Å²) >= 11 is 7.85. The molecule has 1 aromatic heterocycles. The van der Waals surface area contributed by atoms with Gasteiger partial charge in [0.2, 0.25) is 0 Å². The predicted octanol–water partition coefficient (Wildman–Crippen LogP) is 4.66. The number of ether oxygens (including phenoxy) is 1. The Balaban J connectivity index is 0.00000240. The van der Waals surface area contributed by atoms with E-state index in [2.05, 4.69) is 4.90 Å². The molecule has 1 aliphatic rings. The van der Waals surface area contributed by atoms with E-state index in [-0.39, 0.29) is 18.3 Å². The normalized spacial score (nSPS) is 14.6. The maximum atomic E-state index is 13.4. The van der Waals surface area contributed by atoms with Crippen molar-refractivity contribution in [1.82, 2.24) is 9.88 Å². The average molecular weight is 452 g/mol. The number of halogens is 2. The largest absolute Gasteiger partial charge is 0.379 e. The van der Waals surface area contributed by atoms with Gasteiger partial charge in [-0.2, -0.15) is 0 Å². The molecule has 1 fully saturated rings. The Labute approximate surface area is 185 Å². The summed E-state index contributed by atoms with van der Waals surface area (Å²) in [6.07, 6.45) is 0. The second-order valence-corrected chi connectivity index (χ2v) is 8.23. The number of morpholine rings is 1. The quantitative estimate of drug-likeness (QED) is 0.565. The van der Waals surface area contributed by atoms with Crippen molar-refractivity contribution >= 4 is 56.6 Å². The summed E-state index contributed by atoms with van der Waals surface area (Å²) in [6.45, 7) is 6.61. The van der Waals surface area contributed by atoms with Gasteiger partial charge in [0.25, 0.3) is 5.91 Å². The molecule has 29 heavy (non-hydrogen) atoms. The number of rotatable bonds is 5. The lowest BCUT2D eigenvalue weighted by atomic mass is 10.2. The van der Waals surface area contributed by atoms with Gasteiger partial charge < -0.3 is 4.74 Å². The second-order valence-electron chi connectivity index (χ2n) is 6.81. The van der Waals surface area contributed by atoms with Crippen LogP contribution < -0.4 is 4.90 Å². The Morgan fingerprint density at radius 3 is 2.69 bits per heavy atom. The number of carbonyl (C=O) groups is 1. The number of aromatic nitrogens is 1. The molecule has 8 heteroatoms. The minimum atomic E-state index is -0.115. The Morgan fingerprint density at radius 2 is 1.97 bits per heavy atom. The fourth-order valence-electron chi connectivity index (χ4n) is 3.32. The highest BCUT2D eigenvalue weighted by molar-refractivity contribution is 7.22. The number of para-hydroxylation sites is 1. The van der Waals surface area contributed by atoms with E-state index in [1.807, 2.05) is 37.3 Å². The highest BCUT2D eigenvalue weighted by atomic mass is 35.5. The Bertz CT molecular complexity index is 989. The molecule has 3 aromatic rings. The third-order valence-electron chi connectivity index (χ3n) is 4.93. The number of thiazole rings is 1. The number of aryl methyl sites for hydroxylation is 1. The number of amides is 1. The van der Waals surface area contributed by atoms with Crippen LogP contribution >= 0.6 is 35.3 Å². The summed E-state index contributed by atoms with van der Waals surface area (Å²) in [4.78, 5) is 22.2. The predicted molar refractivity (Wildman–Crippen MR) is 122 cm³/mol. The molecule has 0 spiro atoms. The molecule has 2 aromatic carbocycles. The number of carbonyl (C=O) groups excluding carboxylic acids is 1. The van der Waals surface area contributed by atoms with Crippen molar-refractivity contribution in [2.75, 3.05) is 44.3 Å². The molecule has 154 valence electrons. The zero-order valence-corrected chi connectivity index (χ0v) is 18.5. The van der Waals surface area contributed by atoms with Crippen LogP contribution in [-0.2, 0) is 4.74 Å². The maximum Gasteiger partial charge on any atom is 0.261 e. The monoisotopic (exact) mass is 451 g/mol. The number of anilines is 1. The van der Waals surface area contributed by atoms with Crippen molar-refractivity contribution in [1.29, 1.82) is 0 Å². The molecule has 1 aliphatic heterocycles. The Kier molecular flexibility index (Phi) is 7.49. The van der Waals surface area contributed by atoms with E-state index < -0.39 is 0 Å². The van der Waals surface area contributed by atoms with Gasteiger partial charge in [-0.05, 0) is 30.7 Å². The van der Waals surface area contributed by atoms with Crippen LogP contribution in [0, 0.1) is 6.92 Å². The number of hydrogen-bond donors (Lipinski definition) is 0. The second kappa shape index (κ2) is 9.87. The van der Waals surface area contributed by atoms with Gasteiger partial charge in [-0.15, -0.1) is 12.4 Å². The minimum Gasteiger partial charge on any atom is -0.379 e. The summed E-state index contributed by atoms with van der Waals surface area (Å²) < 4.78 is 6.51. The molecule has 0 saturated carbocycles. The lowest BCUT2D eigenvalue weighted by Crippen LogP contribution is -2.43. The third kappa shape index (κ3) is 4.90. The van der Waals surface area contributed by atoms with Crippen molar-refractivity contribution in [3.8, 4) is 0 Å². The molecular formula is C21H23Cl2N3O2S. The van der Waals surface area contributed by atoms with E-state index in [0.29, 0.717) is 22.3 Å². The molecule has 5 nitrogen and oxygen atoms in total. The highest BCUT2D eigenvalue weighted by Crippen LogP contribution is 2.32. The molecule has 4 rings (SSSR count). The molecule has 0 atom stereocenters. The van der Waals surface area contributed by atoms with Crippen molar-refractivity contribution in [2.24, 2.45) is 0 Å². The molecule has 1 amide bonds. The Morgan fingerprint density at radius 1 is 1.21 bits per heavy atom. The molecule has 0 aliphatic carbocycles. The van der Waals surface area contributed by atoms with Crippen molar-refractivity contribution < 1.29 is 9.53 Å². The molecule has 0 N–H and O–H groups in total. The topological polar surface area (TPSA) is 45.7 Å². The summed E-state index contributed by atoms with van der Waals surface area (Å²) in [5.74, 6) is -0.115. The lowest BCUT2D eigenvalue weighted by molar-refractivity contribution is 0.0391. The van der Waals surface area contributed by atoms with E-state index in [0.717, 1.165) is 48.6 Å². The zero-order chi connectivity index (χ0) is 19.5. The van der Waals surface area contributed by atoms with Crippen LogP contribution in [-0.4, -0.2) is 55.2 Å². The van der Waals surface area contributed by atoms with Gasteiger partial charge in [0, 0.05) is 26.2 Å². The van der Waals surface area contributed by atoms with E-state index in [1.54, 1.807) is 28.4 Å². The van der Waals surface area contributed by atoms with Gasteiger partial charge in [-0.3, -0.25) is 14.6 Å². The van der Waals surface area contributed by atoms with Crippen LogP contribution in [0.2, 0.25) is 5.02 Å². The first-order chi connectivity index (χ1) is 13.6. The molecule has 0 unspecified atom stereocenters. The van der Waals surface area contributed by atoms with Gasteiger partial charge >= 0.3 is 0 Å². The van der Waals surface area contributed by atoms with Crippen LogP contribution in [0.15, 0.2) is 42.5 Å². The SMILES string of the molecule is Cc1cccc2sc(N(CCN3CCOCC3)C(=O)c3ccccc3Cl)nc12.Cl. The summed E-state index contributed by atoms with van der Waals surface area (Å²) in [5.41, 5.74) is 2.56. The number of fused-ring (bicyclic) bond motifs is 1. The highest BCUT2D eigenvalue weighted by Gasteiger charge is 2.24. The van der Waals surface area contributed by atoms with Crippen molar-refractivity contribution in [2.45, 2.75) is 6.92 Å². The molecule has 1 saturated heterocycles. The first-order valence-corrected chi connectivity index (χ1v) is 10.6. The fourth-order valence-corrected chi connectivity index (χ4v) is 4.60. The zero-order valence-electron chi connectivity index (χ0n) is 16.1. The summed E-state index contributed by atoms with van der Waals surface area (Å²) in [6, 6.07) is 13.3. The number of benzene rings is 2. The van der Waals surface area contributed by atoms with Gasteiger partial charge in [0.15, 0.2) is 5.13 Å². The minimum absolute atomic E-state index is 0. The first-order valence-electron chi connectivity index (χ1n) is 9.36. The van der Waals surface area contributed by atoms with Crippen LogP contribution in [0.25, 0.3) is 10.2 Å². The van der Waals surface area contributed by atoms with E-state index in [1.165, 1.54) is 0 Å². The van der Waals surface area contributed by atoms with E-state index in [9.17, 15) is 4.79 Å². The number of nitrogens with zero attached hydrogens (tertiary/aromatic N) is 3. The van der Waals surface area contributed by atoms with Crippen LogP contribution in [0.1, 0.15) is 15.9 Å². The van der Waals surface area contributed by atoms with Crippen LogP contribution in [0.3, 0.4) is 0 Å². The van der Waals surface area contributed by atoms with Crippen LogP contribution in [0.5, 0.6) is 0 Å². The molecule has 0 radical (unpaired) electrons. The molecule has 0 bridgehead atoms. The van der Waals surface area contributed by atoms with Gasteiger partial charge in [0.1, 0.15) is 0 Å². The van der Waals surface area contributed by atoms with Crippen molar-refractivity contribution in [3.05, 3.63) is 58.6 Å². The smallest absolute Gasteiger partial charge is 0.261 e. The molecular weight excluding hydrogens is 429 g/mol. The van der Waals surface area contributed by atoms with Gasteiger partial charge in [-0.25, -0.2) is 4.98 Å². The third-order valence-corrected chi connectivity index (χ3v) is 6.31. The van der Waals surface area contributed by atoms with Gasteiger partial charge in [-0.1, -0.05) is 47.2 Å². The summed E-state index contributed by atoms with van der Waals surface area (Å²) in [7, 11) is 0. The maximum absolute atomic E-state index is 13.4. The number of hydrogen-bond acceptors (Lipinski definition) is 5. The fraction of sp³-hybridized carbons (Fsp3) is 0.333. The van der Waals surface area contributed by atoms with E-state index >= 15 is 0 Å². The summed E-state index contributed by atoms with van der Waals surface area (Å²) in [5, 5.41) is 1.17. The van der Waals surface area contributed by atoms with Gasteiger partial charge in [0.05, 0.1) is 34.0 Å². The first kappa shape index (κ1) is 22.0. The lowest BCUT2D eigenvalue weighted by Gasteiger charge is -2.29.